The molecule has 0 unspecified atom stereocenters. The lowest BCUT2D eigenvalue weighted by atomic mass is 10.1. The Balaban J connectivity index is 3.03. The topological polar surface area (TPSA) is 83.5 Å². The highest BCUT2D eigenvalue weighted by atomic mass is 32.2. The number of rotatable bonds is 5. The summed E-state index contributed by atoms with van der Waals surface area (Å²) in [5.41, 5.74) is 0.362. The quantitative estimate of drug-likeness (QED) is 0.801. The van der Waals surface area contributed by atoms with Gasteiger partial charge in [-0.15, -0.1) is 0 Å². The Morgan fingerprint density at radius 1 is 1.38 bits per heavy atom. The molecule has 5 nitrogen and oxygen atoms in total. The van der Waals surface area contributed by atoms with E-state index >= 15 is 0 Å². The number of hydrogen-bond acceptors (Lipinski definition) is 3. The van der Waals surface area contributed by atoms with Crippen LogP contribution in [0.1, 0.15) is 11.6 Å². The number of carboxylic acid groups (broad SMARTS) is 1. The molecule has 86 valence electrons. The van der Waals surface area contributed by atoms with E-state index in [1.807, 2.05) is 4.72 Å². The van der Waals surface area contributed by atoms with Crippen LogP contribution < -0.4 is 4.72 Å². The van der Waals surface area contributed by atoms with Crippen LogP contribution in [0.2, 0.25) is 0 Å². The van der Waals surface area contributed by atoms with E-state index in [4.69, 9.17) is 5.11 Å². The number of carboxylic acids is 1. The summed E-state index contributed by atoms with van der Waals surface area (Å²) < 4.78 is 24.4. The molecule has 16 heavy (non-hydrogen) atoms. The van der Waals surface area contributed by atoms with Gasteiger partial charge in [-0.2, -0.15) is 4.72 Å². The molecule has 1 aromatic carbocycles. The summed E-state index contributed by atoms with van der Waals surface area (Å²) in [4.78, 5) is 10.9. The van der Waals surface area contributed by atoms with E-state index in [1.54, 1.807) is 18.2 Å². The zero-order valence-electron chi connectivity index (χ0n) is 8.33. The Morgan fingerprint density at radius 3 is 2.38 bits per heavy atom. The lowest BCUT2D eigenvalue weighted by molar-refractivity contribution is -0.139. The van der Waals surface area contributed by atoms with Gasteiger partial charge in [0.1, 0.15) is 6.04 Å². The first-order valence-corrected chi connectivity index (χ1v) is 5.93. The summed E-state index contributed by atoms with van der Waals surface area (Å²) >= 11 is 0. The molecule has 0 aliphatic rings. The third-order valence-electron chi connectivity index (χ3n) is 1.88. The third-order valence-corrected chi connectivity index (χ3v) is 2.88. The van der Waals surface area contributed by atoms with Crippen LogP contribution in [0.5, 0.6) is 0 Å². The first-order chi connectivity index (χ1) is 7.46. The number of carbonyl (C=O) groups is 1. The van der Waals surface area contributed by atoms with Crippen LogP contribution in [-0.4, -0.2) is 19.5 Å². The van der Waals surface area contributed by atoms with Crippen molar-refractivity contribution in [3.63, 3.8) is 0 Å². The lowest BCUT2D eigenvalue weighted by Gasteiger charge is -2.12. The molecule has 0 bridgehead atoms. The Morgan fingerprint density at radius 2 is 1.94 bits per heavy atom. The van der Waals surface area contributed by atoms with Gasteiger partial charge in [0.05, 0.1) is 0 Å². The molecule has 1 aromatic rings. The molecule has 1 atom stereocenters. The van der Waals surface area contributed by atoms with E-state index in [-0.39, 0.29) is 0 Å². The molecule has 2 N–H and O–H groups in total. The van der Waals surface area contributed by atoms with Crippen LogP contribution in [0.3, 0.4) is 0 Å². The van der Waals surface area contributed by atoms with E-state index in [0.29, 0.717) is 11.0 Å². The van der Waals surface area contributed by atoms with Crippen LogP contribution in [0.15, 0.2) is 42.3 Å². The molecule has 6 heteroatoms. The number of hydrogen-bond donors (Lipinski definition) is 2. The second kappa shape index (κ2) is 4.91. The second-order valence-corrected chi connectivity index (χ2v) is 4.67. The van der Waals surface area contributed by atoms with Crippen LogP contribution >= 0.6 is 0 Å². The smallest absolute Gasteiger partial charge is 0.326 e. The summed E-state index contributed by atoms with van der Waals surface area (Å²) in [6.45, 7) is 3.10. The van der Waals surface area contributed by atoms with Crippen molar-refractivity contribution in [2.75, 3.05) is 0 Å². The molecule has 0 radical (unpaired) electrons. The first kappa shape index (κ1) is 12.4. The van der Waals surface area contributed by atoms with Crippen molar-refractivity contribution in [1.82, 2.24) is 4.72 Å². The average Bonchev–Trinajstić information content (AvgIpc) is 2.27. The maximum Gasteiger partial charge on any atom is 0.326 e. The number of nitrogens with one attached hydrogen (secondary N) is 1. The van der Waals surface area contributed by atoms with Gasteiger partial charge < -0.3 is 5.11 Å². The summed E-state index contributed by atoms with van der Waals surface area (Å²) in [5.74, 6) is -1.27. The zero-order chi connectivity index (χ0) is 12.2. The Hall–Kier alpha value is -1.66. The molecule has 0 aliphatic heterocycles. The zero-order valence-corrected chi connectivity index (χ0v) is 9.15. The summed E-state index contributed by atoms with van der Waals surface area (Å²) in [7, 11) is -3.78. The van der Waals surface area contributed by atoms with Crippen LogP contribution in [0, 0.1) is 0 Å². The van der Waals surface area contributed by atoms with Crippen molar-refractivity contribution in [2.24, 2.45) is 0 Å². The predicted molar refractivity (Wildman–Crippen MR) is 59.1 cm³/mol. The molecule has 0 aromatic heterocycles. The SMILES string of the molecule is C=CS(=O)(=O)N[C@H](C(=O)O)c1ccccc1. The largest absolute Gasteiger partial charge is 0.480 e. The molecule has 0 heterocycles. The Kier molecular flexibility index (Phi) is 3.81. The minimum atomic E-state index is -3.78. The van der Waals surface area contributed by atoms with Gasteiger partial charge >= 0.3 is 5.97 Å². The molecular formula is C10H11NO4S. The van der Waals surface area contributed by atoms with Crippen molar-refractivity contribution in [3.8, 4) is 0 Å². The summed E-state index contributed by atoms with van der Waals surface area (Å²) in [6.07, 6.45) is 0. The Labute approximate surface area is 93.5 Å². The van der Waals surface area contributed by atoms with E-state index in [0.717, 1.165) is 0 Å². The van der Waals surface area contributed by atoms with Gasteiger partial charge in [0.25, 0.3) is 0 Å². The highest BCUT2D eigenvalue weighted by molar-refractivity contribution is 7.92. The molecular weight excluding hydrogens is 230 g/mol. The maximum atomic E-state index is 11.2. The molecule has 0 spiro atoms. The predicted octanol–water partition coefficient (Wildman–Crippen LogP) is 0.875. The van der Waals surface area contributed by atoms with Crippen molar-refractivity contribution in [3.05, 3.63) is 47.9 Å². The maximum absolute atomic E-state index is 11.2. The molecule has 0 fully saturated rings. The van der Waals surface area contributed by atoms with Gasteiger partial charge in [0.2, 0.25) is 10.0 Å². The average molecular weight is 241 g/mol. The lowest BCUT2D eigenvalue weighted by Crippen LogP contribution is -2.32. The molecule has 0 aliphatic carbocycles. The molecule has 1 rings (SSSR count). The van der Waals surface area contributed by atoms with Crippen molar-refractivity contribution < 1.29 is 18.3 Å². The fraction of sp³-hybridized carbons (Fsp3) is 0.100. The van der Waals surface area contributed by atoms with Gasteiger partial charge in [0, 0.05) is 5.41 Å². The van der Waals surface area contributed by atoms with Crippen molar-refractivity contribution in [1.29, 1.82) is 0 Å². The molecule has 0 saturated carbocycles. The van der Waals surface area contributed by atoms with Crippen molar-refractivity contribution in [2.45, 2.75) is 6.04 Å². The standard InChI is InChI=1S/C10H11NO4S/c1-2-16(14,15)11-9(10(12)13)8-6-4-3-5-7-8/h2-7,9,11H,1H2,(H,12,13)/t9-/m0/s1. The third kappa shape index (κ3) is 3.18. The number of sulfonamides is 1. The van der Waals surface area contributed by atoms with Gasteiger partial charge in [-0.05, 0) is 5.56 Å². The number of benzene rings is 1. The highest BCUT2D eigenvalue weighted by Gasteiger charge is 2.23. The second-order valence-electron chi connectivity index (χ2n) is 3.01. The number of aliphatic carboxylic acids is 1. The highest BCUT2D eigenvalue weighted by Crippen LogP contribution is 2.13. The van der Waals surface area contributed by atoms with Crippen LogP contribution in [0.4, 0.5) is 0 Å². The van der Waals surface area contributed by atoms with Crippen LogP contribution in [0.25, 0.3) is 0 Å². The van der Waals surface area contributed by atoms with Gasteiger partial charge in [-0.3, -0.25) is 4.79 Å². The molecule has 0 amide bonds. The fourth-order valence-electron chi connectivity index (χ4n) is 1.12. The van der Waals surface area contributed by atoms with E-state index in [9.17, 15) is 13.2 Å². The monoisotopic (exact) mass is 241 g/mol. The Bertz CT molecular complexity index is 481. The van der Waals surface area contributed by atoms with Gasteiger partial charge in [-0.1, -0.05) is 36.9 Å². The minimum absolute atomic E-state index is 0.362. The van der Waals surface area contributed by atoms with Gasteiger partial charge in [-0.25, -0.2) is 8.42 Å². The van der Waals surface area contributed by atoms with E-state index < -0.39 is 22.0 Å². The fourth-order valence-corrected chi connectivity index (χ4v) is 1.78. The van der Waals surface area contributed by atoms with E-state index in [2.05, 4.69) is 6.58 Å². The van der Waals surface area contributed by atoms with E-state index in [1.165, 1.54) is 12.1 Å². The summed E-state index contributed by atoms with van der Waals surface area (Å²) in [5, 5.41) is 9.60. The van der Waals surface area contributed by atoms with Crippen LogP contribution in [-0.2, 0) is 14.8 Å². The van der Waals surface area contributed by atoms with Gasteiger partial charge in [0.15, 0.2) is 0 Å². The molecule has 0 saturated heterocycles. The van der Waals surface area contributed by atoms with Crippen molar-refractivity contribution >= 4 is 16.0 Å². The minimum Gasteiger partial charge on any atom is -0.480 e. The normalized spacial score (nSPS) is 13.0. The first-order valence-electron chi connectivity index (χ1n) is 4.39. The summed E-state index contributed by atoms with van der Waals surface area (Å²) in [6, 6.07) is 6.74.